The van der Waals surface area contributed by atoms with E-state index in [1.54, 1.807) is 6.92 Å². The quantitative estimate of drug-likeness (QED) is 0.892. The van der Waals surface area contributed by atoms with Crippen molar-refractivity contribution in [2.75, 3.05) is 6.54 Å². The zero-order valence-corrected chi connectivity index (χ0v) is 11.4. The van der Waals surface area contributed by atoms with Crippen molar-refractivity contribution in [2.45, 2.75) is 19.1 Å². The predicted molar refractivity (Wildman–Crippen MR) is 71.9 cm³/mol. The van der Waals surface area contributed by atoms with Crippen molar-refractivity contribution in [1.29, 1.82) is 0 Å². The number of rotatable bonds is 5. The van der Waals surface area contributed by atoms with Gasteiger partial charge in [0.2, 0.25) is 0 Å². The molecule has 0 aliphatic carbocycles. The second-order valence-corrected chi connectivity index (χ2v) is 4.68. The Morgan fingerprint density at radius 1 is 1.14 bits per heavy atom. The minimum Gasteiger partial charge on any atom is -0.387 e. The number of aromatic nitrogens is 1. The number of nitrogens with zero attached hydrogens (tertiary/aromatic N) is 1. The van der Waals surface area contributed by atoms with Crippen LogP contribution < -0.4 is 5.32 Å². The number of halogens is 3. The Hall–Kier alpha value is -1.92. The van der Waals surface area contributed by atoms with Crippen molar-refractivity contribution in [3.05, 3.63) is 65.2 Å². The van der Waals surface area contributed by atoms with Gasteiger partial charge in [-0.25, -0.2) is 13.2 Å². The van der Waals surface area contributed by atoms with Gasteiger partial charge in [-0.05, 0) is 31.2 Å². The summed E-state index contributed by atoms with van der Waals surface area (Å²) in [5.74, 6) is -2.03. The first-order valence-corrected chi connectivity index (χ1v) is 6.46. The molecule has 2 unspecified atom stereocenters. The molecule has 112 valence electrons. The lowest BCUT2D eigenvalue weighted by atomic mass is 10.1. The molecule has 2 atom stereocenters. The van der Waals surface area contributed by atoms with Crippen molar-refractivity contribution < 1.29 is 18.3 Å². The normalized spacial score (nSPS) is 14.0. The highest BCUT2D eigenvalue weighted by Crippen LogP contribution is 2.21. The molecule has 21 heavy (non-hydrogen) atoms. The third kappa shape index (κ3) is 3.80. The third-order valence-electron chi connectivity index (χ3n) is 3.14. The van der Waals surface area contributed by atoms with E-state index in [0.717, 1.165) is 18.3 Å². The van der Waals surface area contributed by atoms with Crippen molar-refractivity contribution in [3.8, 4) is 0 Å². The van der Waals surface area contributed by atoms with Gasteiger partial charge in [0, 0.05) is 12.6 Å². The summed E-state index contributed by atoms with van der Waals surface area (Å²) >= 11 is 0. The van der Waals surface area contributed by atoms with E-state index in [4.69, 9.17) is 0 Å². The molecule has 1 heterocycles. The number of hydrogen-bond acceptors (Lipinski definition) is 3. The van der Waals surface area contributed by atoms with Gasteiger partial charge in [-0.15, -0.1) is 0 Å². The van der Waals surface area contributed by atoms with Gasteiger partial charge in [-0.2, -0.15) is 0 Å². The second kappa shape index (κ2) is 6.69. The van der Waals surface area contributed by atoms with Crippen LogP contribution in [0, 0.1) is 17.5 Å². The van der Waals surface area contributed by atoms with Gasteiger partial charge in [0.05, 0.1) is 23.6 Å². The minimum atomic E-state index is -1.32. The van der Waals surface area contributed by atoms with Crippen LogP contribution in [0.4, 0.5) is 13.2 Å². The van der Waals surface area contributed by atoms with Gasteiger partial charge in [0.1, 0.15) is 17.5 Å². The van der Waals surface area contributed by atoms with Crippen LogP contribution in [-0.2, 0) is 0 Å². The Labute approximate surface area is 120 Å². The summed E-state index contributed by atoms with van der Waals surface area (Å²) in [6.45, 7) is 1.70. The minimum absolute atomic E-state index is 0.0575. The SMILES string of the molecule is CC(NCC(O)c1c(F)cccc1F)c1ccc(F)cn1. The number of hydrogen-bond donors (Lipinski definition) is 2. The highest BCUT2D eigenvalue weighted by atomic mass is 19.1. The van der Waals surface area contributed by atoms with E-state index >= 15 is 0 Å². The molecule has 0 amide bonds. The summed E-state index contributed by atoms with van der Waals surface area (Å²) in [5, 5.41) is 12.8. The summed E-state index contributed by atoms with van der Waals surface area (Å²) in [4.78, 5) is 3.90. The molecule has 2 N–H and O–H groups in total. The molecule has 0 saturated carbocycles. The number of aliphatic hydroxyl groups is 1. The maximum Gasteiger partial charge on any atom is 0.141 e. The summed E-state index contributed by atoms with van der Waals surface area (Å²) < 4.78 is 39.8. The molecule has 0 spiro atoms. The second-order valence-electron chi connectivity index (χ2n) is 4.68. The first-order chi connectivity index (χ1) is 9.99. The molecule has 1 aromatic heterocycles. The predicted octanol–water partition coefficient (Wildman–Crippen LogP) is 2.88. The van der Waals surface area contributed by atoms with Crippen LogP contribution in [0.25, 0.3) is 0 Å². The topological polar surface area (TPSA) is 45.1 Å². The van der Waals surface area contributed by atoms with E-state index in [9.17, 15) is 18.3 Å². The average molecular weight is 296 g/mol. The van der Waals surface area contributed by atoms with E-state index in [0.29, 0.717) is 5.69 Å². The number of benzene rings is 1. The van der Waals surface area contributed by atoms with Crippen LogP contribution in [0.5, 0.6) is 0 Å². The van der Waals surface area contributed by atoms with Crippen LogP contribution >= 0.6 is 0 Å². The molecule has 1 aromatic carbocycles. The monoisotopic (exact) mass is 296 g/mol. The lowest BCUT2D eigenvalue weighted by Crippen LogP contribution is -2.26. The van der Waals surface area contributed by atoms with Gasteiger partial charge < -0.3 is 10.4 Å². The summed E-state index contributed by atoms with van der Waals surface area (Å²) in [7, 11) is 0. The third-order valence-corrected chi connectivity index (χ3v) is 3.14. The number of aliphatic hydroxyl groups excluding tert-OH is 1. The molecular formula is C15H15F3N2O. The van der Waals surface area contributed by atoms with Crippen LogP contribution in [0.3, 0.4) is 0 Å². The Morgan fingerprint density at radius 3 is 2.38 bits per heavy atom. The molecule has 0 aliphatic rings. The fourth-order valence-corrected chi connectivity index (χ4v) is 1.97. The first kappa shape index (κ1) is 15.5. The molecule has 6 heteroatoms. The van der Waals surface area contributed by atoms with Gasteiger partial charge in [-0.3, -0.25) is 4.98 Å². The fraction of sp³-hybridized carbons (Fsp3) is 0.267. The molecule has 3 nitrogen and oxygen atoms in total. The summed E-state index contributed by atoms with van der Waals surface area (Å²) in [6, 6.07) is 5.89. The van der Waals surface area contributed by atoms with E-state index < -0.39 is 23.6 Å². The number of pyridine rings is 1. The van der Waals surface area contributed by atoms with Crippen LogP contribution in [0.1, 0.15) is 30.3 Å². The Balaban J connectivity index is 2.00. The Bertz CT molecular complexity index is 584. The molecule has 2 rings (SSSR count). The van der Waals surface area contributed by atoms with E-state index in [2.05, 4.69) is 10.3 Å². The van der Waals surface area contributed by atoms with E-state index in [-0.39, 0.29) is 18.2 Å². The molecule has 2 aromatic rings. The van der Waals surface area contributed by atoms with E-state index in [1.165, 1.54) is 18.2 Å². The van der Waals surface area contributed by atoms with Gasteiger partial charge >= 0.3 is 0 Å². The molecule has 0 saturated heterocycles. The lowest BCUT2D eigenvalue weighted by Gasteiger charge is -2.18. The number of nitrogens with one attached hydrogen (secondary N) is 1. The van der Waals surface area contributed by atoms with Crippen molar-refractivity contribution in [2.24, 2.45) is 0 Å². The van der Waals surface area contributed by atoms with Gasteiger partial charge in [-0.1, -0.05) is 6.07 Å². The van der Waals surface area contributed by atoms with Crippen molar-refractivity contribution in [3.63, 3.8) is 0 Å². The highest BCUT2D eigenvalue weighted by molar-refractivity contribution is 5.22. The van der Waals surface area contributed by atoms with E-state index in [1.807, 2.05) is 0 Å². The van der Waals surface area contributed by atoms with Crippen molar-refractivity contribution in [1.82, 2.24) is 10.3 Å². The Morgan fingerprint density at radius 2 is 1.81 bits per heavy atom. The van der Waals surface area contributed by atoms with Crippen LogP contribution in [0.2, 0.25) is 0 Å². The first-order valence-electron chi connectivity index (χ1n) is 6.46. The molecule has 0 aliphatic heterocycles. The molecule has 0 radical (unpaired) electrons. The molecule has 0 bridgehead atoms. The highest BCUT2D eigenvalue weighted by Gasteiger charge is 2.18. The van der Waals surface area contributed by atoms with Crippen LogP contribution in [-0.4, -0.2) is 16.6 Å². The zero-order chi connectivity index (χ0) is 15.4. The van der Waals surface area contributed by atoms with Crippen LogP contribution in [0.15, 0.2) is 36.5 Å². The maximum atomic E-state index is 13.5. The zero-order valence-electron chi connectivity index (χ0n) is 11.4. The smallest absolute Gasteiger partial charge is 0.141 e. The van der Waals surface area contributed by atoms with Gasteiger partial charge in [0.15, 0.2) is 0 Å². The van der Waals surface area contributed by atoms with Crippen molar-refractivity contribution >= 4 is 0 Å². The maximum absolute atomic E-state index is 13.5. The van der Waals surface area contributed by atoms with Gasteiger partial charge in [0.25, 0.3) is 0 Å². The molecular weight excluding hydrogens is 281 g/mol. The average Bonchev–Trinajstić information content (AvgIpc) is 2.45. The lowest BCUT2D eigenvalue weighted by molar-refractivity contribution is 0.161. The standard InChI is InChI=1S/C15H15F3N2O/c1-9(13-6-5-10(16)7-20-13)19-8-14(21)15-11(17)3-2-4-12(15)18/h2-7,9,14,19,21H,8H2,1H3. The fourth-order valence-electron chi connectivity index (χ4n) is 1.97. The molecule has 0 fully saturated rings. The Kier molecular flexibility index (Phi) is 4.93. The largest absolute Gasteiger partial charge is 0.387 e. The summed E-state index contributed by atoms with van der Waals surface area (Å²) in [5.41, 5.74) is 0.196. The summed E-state index contributed by atoms with van der Waals surface area (Å²) in [6.07, 6.45) is -0.241.